The van der Waals surface area contributed by atoms with Crippen molar-refractivity contribution in [2.24, 2.45) is 11.1 Å². The summed E-state index contributed by atoms with van der Waals surface area (Å²) in [6.45, 7) is 0. The summed E-state index contributed by atoms with van der Waals surface area (Å²) in [6, 6.07) is 8.61. The molecular weight excluding hydrogens is 610 g/mol. The molecule has 230 valence electrons. The van der Waals surface area contributed by atoms with Crippen LogP contribution in [0.1, 0.15) is 65.0 Å². The molecule has 2 aromatic carbocycles. The Hall–Kier alpha value is -3.78. The van der Waals surface area contributed by atoms with Crippen molar-refractivity contribution < 1.29 is 31.8 Å². The molecule has 1 fully saturated rings. The second kappa shape index (κ2) is 12.0. The predicted molar refractivity (Wildman–Crippen MR) is 161 cm³/mol. The number of hydrogen-bond acceptors (Lipinski definition) is 7. The number of primary sulfonamides is 1. The molecule has 0 spiro atoms. The third-order valence-electron chi connectivity index (χ3n) is 8.13. The zero-order valence-corrected chi connectivity index (χ0v) is 25.4. The van der Waals surface area contributed by atoms with Gasteiger partial charge in [-0.15, -0.1) is 11.3 Å². The Balaban J connectivity index is 1.51. The SMILES string of the molecule is COC1CC=C(c2cc(-c3nn(-c4nc(C(=O)O)cs4)c(CC4CC4)c3Cc3ccc(S(N)(=O)=O)c(F)c3)ccc2F)CC1. The first-order valence-electron chi connectivity index (χ1n) is 14.1. The van der Waals surface area contributed by atoms with Crippen LogP contribution in [0.4, 0.5) is 8.78 Å². The highest BCUT2D eigenvalue weighted by molar-refractivity contribution is 7.89. The molecule has 0 saturated heterocycles. The smallest absolute Gasteiger partial charge is 0.355 e. The highest BCUT2D eigenvalue weighted by atomic mass is 32.2. The van der Waals surface area contributed by atoms with Gasteiger partial charge in [0, 0.05) is 35.6 Å². The van der Waals surface area contributed by atoms with Crippen molar-refractivity contribution in [2.45, 2.75) is 55.9 Å². The number of carboxylic acids is 1. The first-order chi connectivity index (χ1) is 21.0. The molecule has 9 nitrogen and oxygen atoms in total. The van der Waals surface area contributed by atoms with Gasteiger partial charge in [0.25, 0.3) is 0 Å². The maximum absolute atomic E-state index is 15.2. The van der Waals surface area contributed by atoms with Gasteiger partial charge in [0.05, 0.1) is 17.5 Å². The molecule has 4 aromatic rings. The van der Waals surface area contributed by atoms with E-state index in [1.54, 1.807) is 23.9 Å². The Morgan fingerprint density at radius 1 is 1.16 bits per heavy atom. The van der Waals surface area contributed by atoms with Gasteiger partial charge in [-0.3, -0.25) is 0 Å². The number of carboxylic acid groups (broad SMARTS) is 1. The van der Waals surface area contributed by atoms with Crippen LogP contribution in [0.25, 0.3) is 22.0 Å². The Bertz CT molecular complexity index is 1900. The zero-order chi connectivity index (χ0) is 31.2. The molecule has 44 heavy (non-hydrogen) atoms. The molecule has 1 unspecified atom stereocenters. The van der Waals surface area contributed by atoms with Gasteiger partial charge in [-0.05, 0) is 85.9 Å². The highest BCUT2D eigenvalue weighted by Crippen LogP contribution is 2.39. The van der Waals surface area contributed by atoms with Crippen LogP contribution in [0.3, 0.4) is 0 Å². The number of halogens is 2. The van der Waals surface area contributed by atoms with E-state index in [0.717, 1.165) is 59.6 Å². The first kappa shape index (κ1) is 30.3. The van der Waals surface area contributed by atoms with E-state index in [-0.39, 0.29) is 24.0 Å². The fourth-order valence-corrected chi connectivity index (χ4v) is 6.96. The molecule has 2 aliphatic rings. The summed E-state index contributed by atoms with van der Waals surface area (Å²) in [5, 5.41) is 21.4. The first-order valence-corrected chi connectivity index (χ1v) is 16.6. The van der Waals surface area contributed by atoms with E-state index in [0.29, 0.717) is 52.7 Å². The number of methoxy groups -OCH3 is 1. The molecule has 2 aliphatic carbocycles. The minimum atomic E-state index is -4.25. The van der Waals surface area contributed by atoms with Crippen LogP contribution in [0.2, 0.25) is 0 Å². The number of hydrogen-bond donors (Lipinski definition) is 2. The number of nitrogens with two attached hydrogens (primary N) is 1. The van der Waals surface area contributed by atoms with Gasteiger partial charge in [-0.2, -0.15) is 5.10 Å². The topological polar surface area (TPSA) is 137 Å². The maximum atomic E-state index is 15.2. The van der Waals surface area contributed by atoms with Gasteiger partial charge >= 0.3 is 5.97 Å². The van der Waals surface area contributed by atoms with Gasteiger partial charge < -0.3 is 9.84 Å². The molecule has 13 heteroatoms. The van der Waals surface area contributed by atoms with Gasteiger partial charge in [0.1, 0.15) is 16.5 Å². The standard InChI is InChI=1S/C31H30F2N4O5S2/c1-42-21-8-5-19(6-9-21)22-15-20(7-10-24(22)32)29-23(12-18-4-11-28(25(33)13-18)44(34,40)41)27(14-17-2-3-17)37(36-29)31-35-26(16-43-31)30(38)39/h4-5,7,10-11,13,15-17,21H,2-3,6,8-9,12,14H2,1H3,(H,38,39)(H2,34,40,41). The van der Waals surface area contributed by atoms with Crippen molar-refractivity contribution in [3.05, 3.63) is 87.6 Å². The van der Waals surface area contributed by atoms with Gasteiger partial charge in [0.15, 0.2) is 5.69 Å². The second-order valence-electron chi connectivity index (χ2n) is 11.2. The molecule has 2 heterocycles. The minimum Gasteiger partial charge on any atom is -0.476 e. The van der Waals surface area contributed by atoms with Crippen LogP contribution in [0, 0.1) is 17.6 Å². The number of nitrogens with zero attached hydrogens (tertiary/aromatic N) is 3. The Labute approximate surface area is 257 Å². The van der Waals surface area contributed by atoms with E-state index in [4.69, 9.17) is 15.0 Å². The van der Waals surface area contributed by atoms with Gasteiger partial charge in [-0.1, -0.05) is 12.1 Å². The van der Waals surface area contributed by atoms with Crippen molar-refractivity contribution in [1.29, 1.82) is 0 Å². The number of aromatic nitrogens is 3. The molecule has 0 aliphatic heterocycles. The largest absolute Gasteiger partial charge is 0.476 e. The number of allylic oxidation sites excluding steroid dienone is 1. The third-order valence-corrected chi connectivity index (χ3v) is 9.89. The number of aromatic carboxylic acids is 1. The number of carbonyl (C=O) groups is 1. The molecule has 2 aromatic heterocycles. The molecule has 3 N–H and O–H groups in total. The molecule has 1 atom stereocenters. The van der Waals surface area contributed by atoms with Crippen LogP contribution >= 0.6 is 11.3 Å². The van der Waals surface area contributed by atoms with Crippen LogP contribution in [-0.2, 0) is 27.6 Å². The average Bonchev–Trinajstić information content (AvgIpc) is 3.55. The summed E-state index contributed by atoms with van der Waals surface area (Å²) in [4.78, 5) is 15.3. The molecule has 0 radical (unpaired) electrons. The Morgan fingerprint density at radius 2 is 1.95 bits per heavy atom. The quantitative estimate of drug-likeness (QED) is 0.225. The average molecular weight is 641 g/mol. The second-order valence-corrected chi connectivity index (χ2v) is 13.6. The lowest BCUT2D eigenvalue weighted by Gasteiger charge is -2.21. The van der Waals surface area contributed by atoms with E-state index in [2.05, 4.69) is 4.98 Å². The molecule has 0 amide bonds. The van der Waals surface area contributed by atoms with E-state index < -0.39 is 26.7 Å². The van der Waals surface area contributed by atoms with Crippen molar-refractivity contribution >= 4 is 32.9 Å². The zero-order valence-electron chi connectivity index (χ0n) is 23.8. The molecule has 6 rings (SSSR count). The van der Waals surface area contributed by atoms with Gasteiger partial charge in [-0.25, -0.2) is 36.8 Å². The van der Waals surface area contributed by atoms with E-state index in [1.165, 1.54) is 17.5 Å². The summed E-state index contributed by atoms with van der Waals surface area (Å²) in [5.41, 5.74) is 4.41. The monoisotopic (exact) mass is 640 g/mol. The lowest BCUT2D eigenvalue weighted by atomic mass is 9.89. The van der Waals surface area contributed by atoms with Crippen molar-refractivity contribution in [2.75, 3.05) is 7.11 Å². The highest BCUT2D eigenvalue weighted by Gasteiger charge is 2.30. The van der Waals surface area contributed by atoms with Crippen LogP contribution in [0.15, 0.2) is 52.7 Å². The van der Waals surface area contributed by atoms with E-state index in [9.17, 15) is 22.7 Å². The summed E-state index contributed by atoms with van der Waals surface area (Å²) in [7, 11) is -2.58. The maximum Gasteiger partial charge on any atom is 0.355 e. The number of rotatable bonds is 10. The van der Waals surface area contributed by atoms with Gasteiger partial charge in [0.2, 0.25) is 15.2 Å². The lowest BCUT2D eigenvalue weighted by molar-refractivity contribution is 0.0691. The molecular formula is C31H30F2N4O5S2. The Kier molecular flexibility index (Phi) is 8.22. The number of benzene rings is 2. The predicted octanol–water partition coefficient (Wildman–Crippen LogP) is 5.75. The third kappa shape index (κ3) is 6.23. The van der Waals surface area contributed by atoms with Crippen LogP contribution < -0.4 is 5.14 Å². The number of ether oxygens (including phenoxy) is 1. The Morgan fingerprint density at radius 3 is 2.57 bits per heavy atom. The normalized spacial score (nSPS) is 17.1. The van der Waals surface area contributed by atoms with Crippen LogP contribution in [0.5, 0.6) is 0 Å². The summed E-state index contributed by atoms with van der Waals surface area (Å²) >= 11 is 1.14. The molecule has 1 saturated carbocycles. The molecule has 0 bridgehead atoms. The summed E-state index contributed by atoms with van der Waals surface area (Å²) in [6.07, 6.45) is 7.04. The van der Waals surface area contributed by atoms with Crippen LogP contribution in [-0.4, -0.2) is 47.5 Å². The van der Waals surface area contributed by atoms with E-state index >= 15 is 4.39 Å². The lowest BCUT2D eigenvalue weighted by Crippen LogP contribution is -2.14. The fourth-order valence-electron chi connectivity index (χ4n) is 5.60. The minimum absolute atomic E-state index is 0.0901. The van der Waals surface area contributed by atoms with Crippen molar-refractivity contribution in [3.8, 4) is 16.4 Å². The van der Waals surface area contributed by atoms with Crippen molar-refractivity contribution in [1.82, 2.24) is 14.8 Å². The number of thiazole rings is 1. The fraction of sp³-hybridized carbons (Fsp3) is 0.323. The van der Waals surface area contributed by atoms with Crippen molar-refractivity contribution in [3.63, 3.8) is 0 Å². The summed E-state index contributed by atoms with van der Waals surface area (Å²) in [5.74, 6) is -2.09. The summed E-state index contributed by atoms with van der Waals surface area (Å²) < 4.78 is 60.8. The number of sulfonamides is 1. The van der Waals surface area contributed by atoms with E-state index in [1.807, 2.05) is 6.08 Å².